The van der Waals surface area contributed by atoms with E-state index in [1.54, 1.807) is 6.20 Å². The molecule has 0 aliphatic heterocycles. The molecule has 2 aromatic rings. The first-order chi connectivity index (χ1) is 8.16. The first kappa shape index (κ1) is 11.3. The summed E-state index contributed by atoms with van der Waals surface area (Å²) in [4.78, 5) is 18.8. The molecule has 0 radical (unpaired) electrons. The van der Waals surface area contributed by atoms with Gasteiger partial charge in [0.25, 0.3) is 0 Å². The van der Waals surface area contributed by atoms with Gasteiger partial charge in [-0.1, -0.05) is 0 Å². The summed E-state index contributed by atoms with van der Waals surface area (Å²) in [6.45, 7) is 0.470. The molecule has 17 heavy (non-hydrogen) atoms. The van der Waals surface area contributed by atoms with Crippen LogP contribution >= 0.6 is 11.3 Å². The Morgan fingerprint density at radius 3 is 3.00 bits per heavy atom. The van der Waals surface area contributed by atoms with E-state index in [4.69, 9.17) is 10.8 Å². The van der Waals surface area contributed by atoms with Crippen LogP contribution in [0.5, 0.6) is 0 Å². The molecule has 0 aromatic carbocycles. The molecule has 0 aliphatic rings. The van der Waals surface area contributed by atoms with Gasteiger partial charge in [0, 0.05) is 11.6 Å². The zero-order valence-corrected chi connectivity index (χ0v) is 9.57. The van der Waals surface area contributed by atoms with Crippen LogP contribution in [0.15, 0.2) is 23.7 Å². The number of hydrogen-bond donors (Lipinski definition) is 3. The van der Waals surface area contributed by atoms with Crippen LogP contribution in [0.1, 0.15) is 15.5 Å². The van der Waals surface area contributed by atoms with E-state index in [0.29, 0.717) is 18.1 Å². The number of aromatic nitrogens is 2. The van der Waals surface area contributed by atoms with Crippen molar-refractivity contribution < 1.29 is 9.90 Å². The summed E-state index contributed by atoms with van der Waals surface area (Å²) in [6.07, 6.45) is 1.70. The topological polar surface area (TPSA) is 101 Å². The number of aromatic carboxylic acids is 1. The summed E-state index contributed by atoms with van der Waals surface area (Å²) in [5, 5.41) is 14.5. The molecule has 4 N–H and O–H groups in total. The van der Waals surface area contributed by atoms with Gasteiger partial charge in [-0.05, 0) is 12.1 Å². The van der Waals surface area contributed by atoms with Crippen LogP contribution in [-0.2, 0) is 6.54 Å². The number of nitrogen functional groups attached to an aromatic ring is 1. The van der Waals surface area contributed by atoms with Crippen LogP contribution in [0.4, 0.5) is 11.5 Å². The Hall–Kier alpha value is -2.15. The molecular formula is C10H10N4O2S. The summed E-state index contributed by atoms with van der Waals surface area (Å²) in [6, 6.07) is 2.88. The second-order valence-electron chi connectivity index (χ2n) is 3.22. The molecule has 0 amide bonds. The van der Waals surface area contributed by atoms with Crippen molar-refractivity contribution in [3.8, 4) is 0 Å². The summed E-state index contributed by atoms with van der Waals surface area (Å²) < 4.78 is 0. The van der Waals surface area contributed by atoms with Crippen molar-refractivity contribution in [2.45, 2.75) is 6.54 Å². The summed E-state index contributed by atoms with van der Waals surface area (Å²) in [5.74, 6) is -0.720. The quantitative estimate of drug-likeness (QED) is 0.758. The molecular weight excluding hydrogens is 240 g/mol. The standard InChI is InChI=1S/C10H10N4O2S/c11-6-1-2-7(10(15)16)14-9(6)13-5-8-12-3-4-17-8/h1-4H,5,11H2,(H,13,14)(H,15,16). The highest BCUT2D eigenvalue weighted by Crippen LogP contribution is 2.17. The Bertz CT molecular complexity index is 527. The minimum atomic E-state index is -1.08. The molecule has 0 spiro atoms. The van der Waals surface area contributed by atoms with Crippen molar-refractivity contribution in [2.75, 3.05) is 11.1 Å². The fraction of sp³-hybridized carbons (Fsp3) is 0.100. The number of carboxylic acid groups (broad SMARTS) is 1. The van der Waals surface area contributed by atoms with E-state index in [9.17, 15) is 4.79 Å². The third kappa shape index (κ3) is 2.70. The smallest absolute Gasteiger partial charge is 0.354 e. The average Bonchev–Trinajstić information content (AvgIpc) is 2.80. The predicted octanol–water partition coefficient (Wildman–Crippen LogP) is 1.43. The zero-order valence-electron chi connectivity index (χ0n) is 8.75. The first-order valence-electron chi connectivity index (χ1n) is 4.79. The third-order valence-electron chi connectivity index (χ3n) is 2.04. The van der Waals surface area contributed by atoms with Crippen LogP contribution < -0.4 is 11.1 Å². The number of nitrogens with one attached hydrogen (secondary N) is 1. The number of rotatable bonds is 4. The minimum absolute atomic E-state index is 0.0409. The van der Waals surface area contributed by atoms with Gasteiger partial charge >= 0.3 is 5.97 Å². The van der Waals surface area contributed by atoms with Crippen LogP contribution in [0.2, 0.25) is 0 Å². The lowest BCUT2D eigenvalue weighted by Crippen LogP contribution is -2.08. The zero-order chi connectivity index (χ0) is 12.3. The molecule has 0 unspecified atom stereocenters. The molecule has 2 rings (SSSR count). The normalized spacial score (nSPS) is 10.1. The highest BCUT2D eigenvalue weighted by Gasteiger charge is 2.08. The van der Waals surface area contributed by atoms with Gasteiger partial charge in [0.1, 0.15) is 5.01 Å². The van der Waals surface area contributed by atoms with Crippen molar-refractivity contribution in [1.82, 2.24) is 9.97 Å². The minimum Gasteiger partial charge on any atom is -0.477 e. The molecule has 2 aromatic heterocycles. The predicted molar refractivity (Wildman–Crippen MR) is 65.0 cm³/mol. The van der Waals surface area contributed by atoms with Gasteiger partial charge < -0.3 is 16.2 Å². The van der Waals surface area contributed by atoms with Crippen molar-refractivity contribution in [1.29, 1.82) is 0 Å². The number of hydrogen-bond acceptors (Lipinski definition) is 6. The van der Waals surface area contributed by atoms with E-state index < -0.39 is 5.97 Å². The molecule has 88 valence electrons. The number of nitrogens with two attached hydrogens (primary N) is 1. The number of nitrogens with zero attached hydrogens (tertiary/aromatic N) is 2. The Labute approximate surface area is 101 Å². The summed E-state index contributed by atoms with van der Waals surface area (Å²) in [7, 11) is 0. The van der Waals surface area contributed by atoms with Crippen molar-refractivity contribution in [2.24, 2.45) is 0 Å². The van der Waals surface area contributed by atoms with Crippen LogP contribution in [-0.4, -0.2) is 21.0 Å². The van der Waals surface area contributed by atoms with Crippen molar-refractivity contribution in [3.63, 3.8) is 0 Å². The van der Waals surface area contributed by atoms with Gasteiger partial charge in [0.2, 0.25) is 0 Å². The monoisotopic (exact) mass is 250 g/mol. The summed E-state index contributed by atoms with van der Waals surface area (Å²) >= 11 is 1.50. The molecule has 7 heteroatoms. The van der Waals surface area contributed by atoms with E-state index in [-0.39, 0.29) is 5.69 Å². The SMILES string of the molecule is Nc1ccc(C(=O)O)nc1NCc1nccs1. The number of anilines is 2. The Balaban J connectivity index is 2.14. The second-order valence-corrected chi connectivity index (χ2v) is 4.20. The number of carboxylic acids is 1. The summed E-state index contributed by atoms with van der Waals surface area (Å²) in [5.41, 5.74) is 6.06. The van der Waals surface area contributed by atoms with Gasteiger partial charge in [0.05, 0.1) is 12.2 Å². The highest BCUT2D eigenvalue weighted by molar-refractivity contribution is 7.09. The molecule has 0 aliphatic carbocycles. The largest absolute Gasteiger partial charge is 0.477 e. The third-order valence-corrected chi connectivity index (χ3v) is 2.82. The molecule has 6 nitrogen and oxygen atoms in total. The lowest BCUT2D eigenvalue weighted by molar-refractivity contribution is 0.0690. The van der Waals surface area contributed by atoms with Gasteiger partial charge in [-0.15, -0.1) is 11.3 Å². The molecule has 0 atom stereocenters. The molecule has 0 fully saturated rings. The second kappa shape index (κ2) is 4.79. The maximum absolute atomic E-state index is 10.8. The molecule has 0 saturated carbocycles. The first-order valence-corrected chi connectivity index (χ1v) is 5.67. The van der Waals surface area contributed by atoms with E-state index in [1.807, 2.05) is 5.38 Å². The lowest BCUT2D eigenvalue weighted by atomic mass is 10.3. The van der Waals surface area contributed by atoms with Gasteiger partial charge in [-0.3, -0.25) is 0 Å². The Morgan fingerprint density at radius 2 is 2.35 bits per heavy atom. The van der Waals surface area contributed by atoms with Gasteiger partial charge in [-0.2, -0.15) is 0 Å². The Morgan fingerprint density at radius 1 is 1.53 bits per heavy atom. The van der Waals surface area contributed by atoms with E-state index in [0.717, 1.165) is 5.01 Å². The van der Waals surface area contributed by atoms with Crippen molar-refractivity contribution >= 4 is 28.8 Å². The lowest BCUT2D eigenvalue weighted by Gasteiger charge is -2.07. The molecule has 0 saturated heterocycles. The van der Waals surface area contributed by atoms with Crippen LogP contribution in [0.3, 0.4) is 0 Å². The van der Waals surface area contributed by atoms with E-state index in [2.05, 4.69) is 15.3 Å². The van der Waals surface area contributed by atoms with Gasteiger partial charge in [-0.25, -0.2) is 14.8 Å². The van der Waals surface area contributed by atoms with E-state index >= 15 is 0 Å². The molecule has 2 heterocycles. The van der Waals surface area contributed by atoms with Gasteiger partial charge in [0.15, 0.2) is 11.5 Å². The highest BCUT2D eigenvalue weighted by atomic mass is 32.1. The number of thiazole rings is 1. The maximum Gasteiger partial charge on any atom is 0.354 e. The number of pyridine rings is 1. The van der Waals surface area contributed by atoms with Crippen molar-refractivity contribution in [3.05, 3.63) is 34.4 Å². The fourth-order valence-corrected chi connectivity index (χ4v) is 1.79. The van der Waals surface area contributed by atoms with Crippen LogP contribution in [0.25, 0.3) is 0 Å². The Kier molecular flexibility index (Phi) is 3.20. The molecule has 0 bridgehead atoms. The average molecular weight is 250 g/mol. The number of carbonyl (C=O) groups is 1. The fourth-order valence-electron chi connectivity index (χ4n) is 1.23. The maximum atomic E-state index is 10.8. The van der Waals surface area contributed by atoms with Crippen LogP contribution in [0, 0.1) is 0 Å². The van der Waals surface area contributed by atoms with E-state index in [1.165, 1.54) is 23.5 Å².